The molecule has 2 amide bonds. The molecule has 1 aliphatic heterocycles. The van der Waals surface area contributed by atoms with Gasteiger partial charge in [0.1, 0.15) is 0 Å². The van der Waals surface area contributed by atoms with Gasteiger partial charge in [-0.05, 0) is 39.0 Å². The molecular formula is C21H26N6O3. The number of carbonyl (C=O) groups excluding carboxylic acids is 2. The van der Waals surface area contributed by atoms with E-state index in [4.69, 9.17) is 4.74 Å². The molecule has 2 aromatic heterocycles. The number of aryl methyl sites for hydroxylation is 3. The third kappa shape index (κ3) is 3.80. The van der Waals surface area contributed by atoms with Crippen molar-refractivity contribution in [1.82, 2.24) is 24.2 Å². The van der Waals surface area contributed by atoms with E-state index in [2.05, 4.69) is 22.3 Å². The van der Waals surface area contributed by atoms with Crippen LogP contribution < -0.4 is 5.32 Å². The highest BCUT2D eigenvalue weighted by Gasteiger charge is 2.31. The third-order valence-corrected chi connectivity index (χ3v) is 5.38. The lowest BCUT2D eigenvalue weighted by Gasteiger charge is -2.32. The van der Waals surface area contributed by atoms with E-state index < -0.39 is 6.10 Å². The number of morpholine rings is 1. The number of anilines is 1. The first-order chi connectivity index (χ1) is 14.5. The quantitative estimate of drug-likeness (QED) is 0.695. The van der Waals surface area contributed by atoms with E-state index in [1.165, 1.54) is 0 Å². The number of aromatic nitrogens is 4. The second kappa shape index (κ2) is 8.27. The second-order valence-corrected chi connectivity index (χ2v) is 7.32. The first-order valence-corrected chi connectivity index (χ1v) is 10.2. The summed E-state index contributed by atoms with van der Waals surface area (Å²) in [6.07, 6.45) is 2.81. The third-order valence-electron chi connectivity index (χ3n) is 5.38. The van der Waals surface area contributed by atoms with Crippen molar-refractivity contribution in [1.29, 1.82) is 0 Å². The number of fused-ring (bicyclic) bond motifs is 1. The van der Waals surface area contributed by atoms with E-state index in [1.807, 2.05) is 36.6 Å². The van der Waals surface area contributed by atoms with Gasteiger partial charge in [-0.25, -0.2) is 4.98 Å². The van der Waals surface area contributed by atoms with E-state index in [-0.39, 0.29) is 18.4 Å². The van der Waals surface area contributed by atoms with Gasteiger partial charge >= 0.3 is 0 Å². The van der Waals surface area contributed by atoms with Gasteiger partial charge in [-0.1, -0.05) is 0 Å². The second-order valence-electron chi connectivity index (χ2n) is 7.32. The van der Waals surface area contributed by atoms with E-state index in [0.29, 0.717) is 36.6 Å². The van der Waals surface area contributed by atoms with E-state index >= 15 is 0 Å². The minimum Gasteiger partial charge on any atom is -0.365 e. The highest BCUT2D eigenvalue weighted by molar-refractivity contribution is 5.98. The van der Waals surface area contributed by atoms with E-state index in [1.54, 1.807) is 22.1 Å². The maximum Gasteiger partial charge on any atom is 0.257 e. The Morgan fingerprint density at radius 3 is 2.83 bits per heavy atom. The minimum absolute atomic E-state index is 0.125. The molecule has 1 saturated heterocycles. The topological polar surface area (TPSA) is 94.3 Å². The Hall–Kier alpha value is -3.20. The largest absolute Gasteiger partial charge is 0.365 e. The first kappa shape index (κ1) is 20.1. The van der Waals surface area contributed by atoms with Crippen molar-refractivity contribution in [3.63, 3.8) is 0 Å². The molecule has 1 fully saturated rings. The van der Waals surface area contributed by atoms with Crippen LogP contribution in [0.25, 0.3) is 11.0 Å². The Labute approximate surface area is 174 Å². The van der Waals surface area contributed by atoms with E-state index in [9.17, 15) is 9.59 Å². The number of nitrogens with zero attached hydrogens (tertiary/aromatic N) is 5. The molecule has 9 nitrogen and oxygen atoms in total. The molecule has 1 atom stereocenters. The molecule has 0 saturated carbocycles. The molecule has 9 heteroatoms. The molecule has 1 aliphatic rings. The summed E-state index contributed by atoms with van der Waals surface area (Å²) in [5, 5.41) is 7.23. The van der Waals surface area contributed by atoms with Gasteiger partial charge in [-0.2, -0.15) is 5.10 Å². The number of benzene rings is 1. The Bertz CT molecular complexity index is 1090. The van der Waals surface area contributed by atoms with Crippen LogP contribution in [-0.4, -0.2) is 61.8 Å². The summed E-state index contributed by atoms with van der Waals surface area (Å²) >= 11 is 0. The predicted octanol–water partition coefficient (Wildman–Crippen LogP) is 2.06. The molecule has 1 N–H and O–H groups in total. The summed E-state index contributed by atoms with van der Waals surface area (Å²) in [7, 11) is 0. The van der Waals surface area contributed by atoms with Gasteiger partial charge in [0.25, 0.3) is 11.8 Å². The SMILES string of the molecule is CCn1cc(C(=O)N2CCOC(C(=O)Nc3ccc4c(c3)ncn4CC)C2)c(C)n1. The molecule has 30 heavy (non-hydrogen) atoms. The van der Waals surface area contributed by atoms with Crippen LogP contribution in [0.3, 0.4) is 0 Å². The molecule has 158 valence electrons. The highest BCUT2D eigenvalue weighted by Crippen LogP contribution is 2.20. The average molecular weight is 410 g/mol. The number of nitrogens with one attached hydrogen (secondary N) is 1. The smallest absolute Gasteiger partial charge is 0.257 e. The summed E-state index contributed by atoms with van der Waals surface area (Å²) in [5.41, 5.74) is 3.74. The van der Waals surface area contributed by atoms with Crippen LogP contribution in [-0.2, 0) is 22.6 Å². The number of carbonyl (C=O) groups is 2. The van der Waals surface area contributed by atoms with Crippen LogP contribution in [0.15, 0.2) is 30.7 Å². The number of ether oxygens (including phenoxy) is 1. The Morgan fingerprint density at radius 2 is 2.10 bits per heavy atom. The molecule has 0 aliphatic carbocycles. The van der Waals surface area contributed by atoms with Crippen molar-refractivity contribution in [2.24, 2.45) is 0 Å². The molecule has 0 bridgehead atoms. The maximum absolute atomic E-state index is 12.9. The predicted molar refractivity (Wildman–Crippen MR) is 112 cm³/mol. The molecule has 0 radical (unpaired) electrons. The van der Waals surface area contributed by atoms with Crippen LogP contribution in [0.2, 0.25) is 0 Å². The summed E-state index contributed by atoms with van der Waals surface area (Å²) < 4.78 is 9.43. The monoisotopic (exact) mass is 410 g/mol. The van der Waals surface area contributed by atoms with Crippen molar-refractivity contribution in [2.45, 2.75) is 40.0 Å². The van der Waals surface area contributed by atoms with Crippen molar-refractivity contribution < 1.29 is 14.3 Å². The van der Waals surface area contributed by atoms with Gasteiger partial charge in [0.2, 0.25) is 0 Å². The van der Waals surface area contributed by atoms with Crippen LogP contribution >= 0.6 is 0 Å². The Balaban J connectivity index is 1.44. The molecule has 1 unspecified atom stereocenters. The van der Waals surface area contributed by atoms with Crippen molar-refractivity contribution in [3.8, 4) is 0 Å². The fourth-order valence-corrected chi connectivity index (χ4v) is 3.67. The zero-order valence-electron chi connectivity index (χ0n) is 17.5. The maximum atomic E-state index is 12.9. The molecule has 4 rings (SSSR count). The van der Waals surface area contributed by atoms with Crippen LogP contribution in [0.4, 0.5) is 5.69 Å². The van der Waals surface area contributed by atoms with Gasteiger partial charge in [0.05, 0.1) is 41.8 Å². The Morgan fingerprint density at radius 1 is 1.27 bits per heavy atom. The summed E-state index contributed by atoms with van der Waals surface area (Å²) in [6, 6.07) is 5.63. The highest BCUT2D eigenvalue weighted by atomic mass is 16.5. The summed E-state index contributed by atoms with van der Waals surface area (Å²) in [6.45, 7) is 8.33. The lowest BCUT2D eigenvalue weighted by molar-refractivity contribution is -0.131. The zero-order valence-corrected chi connectivity index (χ0v) is 17.5. The average Bonchev–Trinajstić information content (AvgIpc) is 3.35. The molecule has 0 spiro atoms. The lowest BCUT2D eigenvalue weighted by atomic mass is 10.2. The molecule has 1 aromatic carbocycles. The van der Waals surface area contributed by atoms with E-state index in [0.717, 1.165) is 17.6 Å². The molecular weight excluding hydrogens is 384 g/mol. The van der Waals surface area contributed by atoms with Crippen LogP contribution in [0.5, 0.6) is 0 Å². The number of hydrogen-bond donors (Lipinski definition) is 1. The van der Waals surface area contributed by atoms with Crippen molar-refractivity contribution in [3.05, 3.63) is 42.0 Å². The Kier molecular flexibility index (Phi) is 5.54. The zero-order chi connectivity index (χ0) is 21.3. The van der Waals surface area contributed by atoms with Crippen molar-refractivity contribution in [2.75, 3.05) is 25.0 Å². The van der Waals surface area contributed by atoms with Gasteiger partial charge in [-0.3, -0.25) is 14.3 Å². The summed E-state index contributed by atoms with van der Waals surface area (Å²) in [5.74, 6) is -0.400. The summed E-state index contributed by atoms with van der Waals surface area (Å²) in [4.78, 5) is 31.7. The standard InChI is InChI=1S/C21H26N6O3/c1-4-25-13-22-17-10-15(6-7-18(17)25)23-20(28)19-12-26(8-9-30-19)21(29)16-11-27(5-2)24-14(16)3/h6-7,10-11,13,19H,4-5,8-9,12H2,1-3H3,(H,23,28). The molecule has 3 aromatic rings. The van der Waals surface area contributed by atoms with Gasteiger partial charge in [0.15, 0.2) is 6.10 Å². The van der Waals surface area contributed by atoms with Crippen LogP contribution in [0, 0.1) is 6.92 Å². The van der Waals surface area contributed by atoms with Gasteiger partial charge < -0.3 is 19.5 Å². The number of amides is 2. The van der Waals surface area contributed by atoms with Gasteiger partial charge in [0, 0.05) is 31.5 Å². The van der Waals surface area contributed by atoms with Crippen LogP contribution in [0.1, 0.15) is 29.9 Å². The fourth-order valence-electron chi connectivity index (χ4n) is 3.67. The lowest BCUT2D eigenvalue weighted by Crippen LogP contribution is -2.50. The number of hydrogen-bond acceptors (Lipinski definition) is 5. The minimum atomic E-state index is -0.729. The molecule has 3 heterocycles. The first-order valence-electron chi connectivity index (χ1n) is 10.2. The fraction of sp³-hybridized carbons (Fsp3) is 0.429. The number of imidazole rings is 1. The number of rotatable bonds is 5. The van der Waals surface area contributed by atoms with Gasteiger partial charge in [-0.15, -0.1) is 0 Å². The normalized spacial score (nSPS) is 16.8. The van der Waals surface area contributed by atoms with Crippen molar-refractivity contribution >= 4 is 28.5 Å².